The quantitative estimate of drug-likeness (QED) is 0.377. The standard InChI is InChI=1S/C21H18N6O4/c1-13-11-17(14(2)31-13)20(28)23-24-21(29)18(12-16-9-6-10-30-16)27-19(22-25-26-27)15-7-4-3-5-8-15/h3-12H,1-2H3,(H,23,28)(H,24,29)/b18-12+. The first kappa shape index (κ1) is 19.8. The number of carbonyl (C=O) groups excluding carboxylic acids is 2. The molecular weight excluding hydrogens is 400 g/mol. The molecule has 0 bridgehead atoms. The highest BCUT2D eigenvalue weighted by Gasteiger charge is 2.21. The van der Waals surface area contributed by atoms with Crippen molar-refractivity contribution < 1.29 is 18.4 Å². The number of furan rings is 2. The summed E-state index contributed by atoms with van der Waals surface area (Å²) >= 11 is 0. The molecular formula is C21H18N6O4. The van der Waals surface area contributed by atoms with Gasteiger partial charge in [-0.2, -0.15) is 4.68 Å². The van der Waals surface area contributed by atoms with Crippen molar-refractivity contribution in [3.8, 4) is 11.4 Å². The molecule has 10 heteroatoms. The third-order valence-corrected chi connectivity index (χ3v) is 4.36. The molecule has 1 aromatic carbocycles. The maximum Gasteiger partial charge on any atom is 0.288 e. The van der Waals surface area contributed by atoms with Gasteiger partial charge in [-0.25, -0.2) is 0 Å². The van der Waals surface area contributed by atoms with E-state index in [9.17, 15) is 9.59 Å². The van der Waals surface area contributed by atoms with Gasteiger partial charge in [0.05, 0.1) is 11.8 Å². The largest absolute Gasteiger partial charge is 0.466 e. The van der Waals surface area contributed by atoms with Crippen molar-refractivity contribution in [2.75, 3.05) is 0 Å². The van der Waals surface area contributed by atoms with Gasteiger partial charge in [-0.05, 0) is 42.5 Å². The smallest absolute Gasteiger partial charge is 0.288 e. The third-order valence-electron chi connectivity index (χ3n) is 4.36. The van der Waals surface area contributed by atoms with Crippen LogP contribution in [-0.4, -0.2) is 32.0 Å². The first-order valence-corrected chi connectivity index (χ1v) is 9.30. The number of aromatic nitrogens is 4. The van der Waals surface area contributed by atoms with Crippen molar-refractivity contribution in [1.29, 1.82) is 0 Å². The average Bonchev–Trinajstić information content (AvgIpc) is 3.52. The van der Waals surface area contributed by atoms with Gasteiger partial charge in [0.25, 0.3) is 11.8 Å². The minimum atomic E-state index is -0.646. The first-order valence-electron chi connectivity index (χ1n) is 9.30. The molecule has 2 N–H and O–H groups in total. The minimum Gasteiger partial charge on any atom is -0.466 e. The number of aryl methyl sites for hydroxylation is 2. The summed E-state index contributed by atoms with van der Waals surface area (Å²) in [5, 5.41) is 11.7. The van der Waals surface area contributed by atoms with Crippen LogP contribution in [0.15, 0.2) is 63.6 Å². The van der Waals surface area contributed by atoms with E-state index in [1.165, 1.54) is 17.0 Å². The van der Waals surface area contributed by atoms with Crippen LogP contribution in [-0.2, 0) is 4.79 Å². The Morgan fingerprint density at radius 1 is 1.06 bits per heavy atom. The first-order chi connectivity index (χ1) is 15.0. The lowest BCUT2D eigenvalue weighted by atomic mass is 10.2. The molecule has 0 spiro atoms. The van der Waals surface area contributed by atoms with E-state index in [0.717, 1.165) is 0 Å². The molecule has 0 radical (unpaired) electrons. The van der Waals surface area contributed by atoms with Crippen molar-refractivity contribution >= 4 is 23.6 Å². The van der Waals surface area contributed by atoms with Crippen LogP contribution < -0.4 is 10.9 Å². The van der Waals surface area contributed by atoms with E-state index in [0.29, 0.717) is 34.2 Å². The minimum absolute atomic E-state index is 0.0409. The summed E-state index contributed by atoms with van der Waals surface area (Å²) in [5.74, 6) is 0.636. The second kappa shape index (κ2) is 8.49. The number of nitrogens with one attached hydrogen (secondary N) is 2. The molecule has 10 nitrogen and oxygen atoms in total. The Kier molecular flexibility index (Phi) is 5.43. The van der Waals surface area contributed by atoms with Crippen LogP contribution in [0.4, 0.5) is 0 Å². The fourth-order valence-corrected chi connectivity index (χ4v) is 2.95. The predicted octanol–water partition coefficient (Wildman–Crippen LogP) is 2.60. The summed E-state index contributed by atoms with van der Waals surface area (Å²) in [6.45, 7) is 3.40. The maximum absolute atomic E-state index is 13.0. The monoisotopic (exact) mass is 418 g/mol. The van der Waals surface area contributed by atoms with E-state index < -0.39 is 11.8 Å². The summed E-state index contributed by atoms with van der Waals surface area (Å²) in [6.07, 6.45) is 2.95. The third kappa shape index (κ3) is 4.27. The van der Waals surface area contributed by atoms with Gasteiger partial charge in [0.1, 0.15) is 23.0 Å². The van der Waals surface area contributed by atoms with Gasteiger partial charge >= 0.3 is 0 Å². The van der Waals surface area contributed by atoms with Crippen LogP contribution in [0.1, 0.15) is 27.6 Å². The van der Waals surface area contributed by atoms with Crippen LogP contribution in [0, 0.1) is 13.8 Å². The molecule has 3 heterocycles. The van der Waals surface area contributed by atoms with E-state index in [1.807, 2.05) is 30.3 Å². The zero-order valence-electron chi connectivity index (χ0n) is 16.7. The number of hydrazine groups is 1. The van der Waals surface area contributed by atoms with Crippen LogP contribution in [0.2, 0.25) is 0 Å². The highest BCUT2D eigenvalue weighted by atomic mass is 16.3. The van der Waals surface area contributed by atoms with Crippen LogP contribution >= 0.6 is 0 Å². The molecule has 4 rings (SSSR count). The molecule has 0 unspecified atom stereocenters. The Labute approximate surface area is 176 Å². The van der Waals surface area contributed by atoms with Gasteiger partial charge in [-0.3, -0.25) is 20.4 Å². The number of carbonyl (C=O) groups is 2. The zero-order valence-corrected chi connectivity index (χ0v) is 16.7. The number of rotatable bonds is 5. The summed E-state index contributed by atoms with van der Waals surface area (Å²) < 4.78 is 12.0. The van der Waals surface area contributed by atoms with Crippen LogP contribution in [0.3, 0.4) is 0 Å². The lowest BCUT2D eigenvalue weighted by Crippen LogP contribution is -2.43. The van der Waals surface area contributed by atoms with Crippen molar-refractivity contribution in [2.45, 2.75) is 13.8 Å². The topological polar surface area (TPSA) is 128 Å². The Morgan fingerprint density at radius 2 is 1.87 bits per heavy atom. The van der Waals surface area contributed by atoms with Gasteiger partial charge < -0.3 is 8.83 Å². The Hall–Kier alpha value is -4.47. The zero-order chi connectivity index (χ0) is 21.8. The fraction of sp³-hybridized carbons (Fsp3) is 0.0952. The number of benzene rings is 1. The number of hydrogen-bond acceptors (Lipinski definition) is 7. The van der Waals surface area contributed by atoms with Gasteiger partial charge in [-0.15, -0.1) is 5.10 Å². The van der Waals surface area contributed by atoms with E-state index in [4.69, 9.17) is 8.83 Å². The van der Waals surface area contributed by atoms with Gasteiger partial charge in [0, 0.05) is 11.6 Å². The SMILES string of the molecule is Cc1cc(C(=O)NNC(=O)/C(=C\c2ccco2)n2nnnc2-c2ccccc2)c(C)o1. The predicted molar refractivity (Wildman–Crippen MR) is 110 cm³/mol. The second-order valence-electron chi connectivity index (χ2n) is 6.56. The molecule has 0 aliphatic rings. The second-order valence-corrected chi connectivity index (χ2v) is 6.56. The molecule has 2 amide bonds. The summed E-state index contributed by atoms with van der Waals surface area (Å²) in [7, 11) is 0. The summed E-state index contributed by atoms with van der Waals surface area (Å²) in [6, 6.07) is 14.1. The molecule has 156 valence electrons. The van der Waals surface area contributed by atoms with Gasteiger partial charge in [-0.1, -0.05) is 30.3 Å². The van der Waals surface area contributed by atoms with Crippen molar-refractivity contribution in [3.05, 3.63) is 77.6 Å². The molecule has 4 aromatic rings. The van der Waals surface area contributed by atoms with Crippen LogP contribution in [0.25, 0.3) is 23.2 Å². The lowest BCUT2D eigenvalue weighted by Gasteiger charge is -2.11. The number of hydrogen-bond donors (Lipinski definition) is 2. The van der Waals surface area contributed by atoms with E-state index in [2.05, 4.69) is 26.4 Å². The molecule has 0 aliphatic carbocycles. The van der Waals surface area contributed by atoms with Crippen molar-refractivity contribution in [3.63, 3.8) is 0 Å². The van der Waals surface area contributed by atoms with Crippen molar-refractivity contribution in [1.82, 2.24) is 31.1 Å². The van der Waals surface area contributed by atoms with E-state index in [1.54, 1.807) is 32.0 Å². The average molecular weight is 418 g/mol. The molecule has 0 atom stereocenters. The molecule has 31 heavy (non-hydrogen) atoms. The summed E-state index contributed by atoms with van der Waals surface area (Å²) in [4.78, 5) is 25.4. The normalized spacial score (nSPS) is 11.4. The van der Waals surface area contributed by atoms with Gasteiger partial charge in [0.2, 0.25) is 0 Å². The summed E-state index contributed by atoms with van der Waals surface area (Å²) in [5.41, 5.74) is 5.84. The fourth-order valence-electron chi connectivity index (χ4n) is 2.95. The number of nitrogens with zero attached hydrogens (tertiary/aromatic N) is 4. The van der Waals surface area contributed by atoms with Crippen molar-refractivity contribution in [2.24, 2.45) is 0 Å². The molecule has 0 saturated carbocycles. The van der Waals surface area contributed by atoms with E-state index in [-0.39, 0.29) is 5.70 Å². The van der Waals surface area contributed by atoms with Crippen LogP contribution in [0.5, 0.6) is 0 Å². The molecule has 3 aromatic heterocycles. The number of amides is 2. The number of tetrazole rings is 1. The Morgan fingerprint density at radius 3 is 2.55 bits per heavy atom. The lowest BCUT2D eigenvalue weighted by molar-refractivity contribution is -0.116. The van der Waals surface area contributed by atoms with Gasteiger partial charge in [0.15, 0.2) is 5.82 Å². The highest BCUT2D eigenvalue weighted by molar-refractivity contribution is 6.19. The molecule has 0 fully saturated rings. The maximum atomic E-state index is 13.0. The Balaban J connectivity index is 1.63. The molecule has 0 saturated heterocycles. The Bertz CT molecular complexity index is 1240. The van der Waals surface area contributed by atoms with E-state index >= 15 is 0 Å². The molecule has 0 aliphatic heterocycles. The highest BCUT2D eigenvalue weighted by Crippen LogP contribution is 2.20.